The second-order valence-electron chi connectivity index (χ2n) is 5.27. The third kappa shape index (κ3) is 3.72. The molecule has 1 atom stereocenters. The predicted octanol–water partition coefficient (Wildman–Crippen LogP) is 3.17. The zero-order chi connectivity index (χ0) is 17.8. The summed E-state index contributed by atoms with van der Waals surface area (Å²) in [6.07, 6.45) is 0. The van der Waals surface area contributed by atoms with E-state index < -0.39 is 6.04 Å². The normalized spacial score (nSPS) is 11.6. The Morgan fingerprint density at radius 1 is 1.28 bits per heavy atom. The van der Waals surface area contributed by atoms with Gasteiger partial charge in [-0.05, 0) is 42.5 Å². The van der Waals surface area contributed by atoms with Gasteiger partial charge in [0.2, 0.25) is 5.82 Å². The average Bonchev–Trinajstić information content (AvgIpc) is 3.11. The Bertz CT molecular complexity index is 962. The van der Waals surface area contributed by atoms with Crippen molar-refractivity contribution in [2.45, 2.75) is 13.0 Å². The van der Waals surface area contributed by atoms with Gasteiger partial charge in [0.15, 0.2) is 0 Å². The number of tetrazole rings is 1. The number of hydrogen-bond donors (Lipinski definition) is 1. The van der Waals surface area contributed by atoms with Gasteiger partial charge in [0, 0.05) is 15.7 Å². The Labute approximate surface area is 152 Å². The van der Waals surface area contributed by atoms with E-state index in [9.17, 15) is 4.79 Å². The van der Waals surface area contributed by atoms with Crippen molar-refractivity contribution < 1.29 is 4.79 Å². The standard InChI is InChI=1S/C17H13BrN6O/c1-11(17(25)20-13-6-4-5-12(9-13)10-19)24-22-16(21-23-24)14-7-2-3-8-15(14)18/h2-9,11H,1H3,(H,20,25)/t11-/m1/s1. The van der Waals surface area contributed by atoms with Crippen molar-refractivity contribution in [3.63, 3.8) is 0 Å². The van der Waals surface area contributed by atoms with Crippen LogP contribution in [-0.2, 0) is 4.79 Å². The van der Waals surface area contributed by atoms with Crippen LogP contribution in [0.2, 0.25) is 0 Å². The molecule has 124 valence electrons. The molecule has 1 aromatic heterocycles. The third-order valence-corrected chi connectivity index (χ3v) is 4.22. The fourth-order valence-electron chi connectivity index (χ4n) is 2.16. The molecule has 3 rings (SSSR count). The first kappa shape index (κ1) is 16.8. The molecule has 0 aliphatic rings. The van der Waals surface area contributed by atoms with E-state index in [1.54, 1.807) is 31.2 Å². The van der Waals surface area contributed by atoms with Crippen LogP contribution in [0.15, 0.2) is 53.0 Å². The van der Waals surface area contributed by atoms with Gasteiger partial charge in [-0.3, -0.25) is 4.79 Å². The van der Waals surface area contributed by atoms with Gasteiger partial charge in [0.05, 0.1) is 11.6 Å². The van der Waals surface area contributed by atoms with Crippen molar-refractivity contribution in [2.24, 2.45) is 0 Å². The molecule has 1 amide bonds. The number of carbonyl (C=O) groups is 1. The van der Waals surface area contributed by atoms with Crippen LogP contribution < -0.4 is 5.32 Å². The minimum Gasteiger partial charge on any atom is -0.324 e. The lowest BCUT2D eigenvalue weighted by atomic mass is 10.2. The second-order valence-corrected chi connectivity index (χ2v) is 6.13. The summed E-state index contributed by atoms with van der Waals surface area (Å²) in [6.45, 7) is 1.68. The molecule has 0 radical (unpaired) electrons. The average molecular weight is 397 g/mol. The molecule has 2 aromatic carbocycles. The molecule has 0 spiro atoms. The fraction of sp³-hybridized carbons (Fsp3) is 0.118. The topological polar surface area (TPSA) is 96.5 Å². The van der Waals surface area contributed by atoms with Gasteiger partial charge in [-0.15, -0.1) is 10.2 Å². The van der Waals surface area contributed by atoms with E-state index in [1.807, 2.05) is 30.3 Å². The molecule has 1 heterocycles. The van der Waals surface area contributed by atoms with Crippen LogP contribution in [0, 0.1) is 11.3 Å². The number of benzene rings is 2. The highest BCUT2D eigenvalue weighted by atomic mass is 79.9. The molecular weight excluding hydrogens is 384 g/mol. The largest absolute Gasteiger partial charge is 0.324 e. The Morgan fingerprint density at radius 2 is 2.08 bits per heavy atom. The van der Waals surface area contributed by atoms with Gasteiger partial charge in [-0.1, -0.05) is 34.1 Å². The maximum atomic E-state index is 12.4. The number of nitrogens with zero attached hydrogens (tertiary/aromatic N) is 5. The minimum atomic E-state index is -0.658. The van der Waals surface area contributed by atoms with Gasteiger partial charge in [0.25, 0.3) is 5.91 Å². The minimum absolute atomic E-state index is 0.300. The monoisotopic (exact) mass is 396 g/mol. The number of anilines is 1. The van der Waals surface area contributed by atoms with Gasteiger partial charge in [-0.25, -0.2) is 0 Å². The highest BCUT2D eigenvalue weighted by molar-refractivity contribution is 9.10. The number of halogens is 1. The molecule has 0 fully saturated rings. The van der Waals surface area contributed by atoms with E-state index in [0.717, 1.165) is 10.0 Å². The van der Waals surface area contributed by atoms with Gasteiger partial charge >= 0.3 is 0 Å². The van der Waals surface area contributed by atoms with Crippen LogP contribution in [0.4, 0.5) is 5.69 Å². The number of rotatable bonds is 4. The summed E-state index contributed by atoms with van der Waals surface area (Å²) in [5.74, 6) is 0.129. The lowest BCUT2D eigenvalue weighted by Gasteiger charge is -2.10. The van der Waals surface area contributed by atoms with Crippen molar-refractivity contribution in [3.8, 4) is 17.5 Å². The highest BCUT2D eigenvalue weighted by Gasteiger charge is 2.19. The number of carbonyl (C=O) groups excluding carboxylic acids is 1. The Morgan fingerprint density at radius 3 is 2.84 bits per heavy atom. The van der Waals surface area contributed by atoms with Crippen molar-refractivity contribution in [1.29, 1.82) is 5.26 Å². The van der Waals surface area contributed by atoms with Crippen molar-refractivity contribution in [3.05, 3.63) is 58.6 Å². The zero-order valence-electron chi connectivity index (χ0n) is 13.2. The Hall–Kier alpha value is -3.05. The van der Waals surface area contributed by atoms with E-state index >= 15 is 0 Å². The predicted molar refractivity (Wildman–Crippen MR) is 95.5 cm³/mol. The van der Waals surface area contributed by atoms with Crippen LogP contribution in [0.1, 0.15) is 18.5 Å². The Balaban J connectivity index is 1.77. The zero-order valence-corrected chi connectivity index (χ0v) is 14.8. The molecule has 0 bridgehead atoms. The Kier molecular flexibility index (Phi) is 4.86. The van der Waals surface area contributed by atoms with Gasteiger partial charge in [-0.2, -0.15) is 10.1 Å². The smallest absolute Gasteiger partial charge is 0.250 e. The van der Waals surface area contributed by atoms with Crippen LogP contribution in [0.25, 0.3) is 11.4 Å². The maximum Gasteiger partial charge on any atom is 0.250 e. The lowest BCUT2D eigenvalue weighted by Crippen LogP contribution is -2.25. The summed E-state index contributed by atoms with van der Waals surface area (Å²) in [6, 6.07) is 15.6. The fourth-order valence-corrected chi connectivity index (χ4v) is 2.62. The number of hydrogen-bond acceptors (Lipinski definition) is 5. The molecule has 25 heavy (non-hydrogen) atoms. The quantitative estimate of drug-likeness (QED) is 0.730. The number of aromatic nitrogens is 4. The second kappa shape index (κ2) is 7.23. The van der Waals surface area contributed by atoms with E-state index in [0.29, 0.717) is 17.1 Å². The lowest BCUT2D eigenvalue weighted by molar-refractivity contribution is -0.119. The van der Waals surface area contributed by atoms with Crippen LogP contribution in [-0.4, -0.2) is 26.1 Å². The molecule has 7 nitrogen and oxygen atoms in total. The van der Waals surface area contributed by atoms with E-state index in [-0.39, 0.29) is 5.91 Å². The van der Waals surface area contributed by atoms with E-state index in [2.05, 4.69) is 36.7 Å². The van der Waals surface area contributed by atoms with Crippen LogP contribution >= 0.6 is 15.9 Å². The number of amides is 1. The van der Waals surface area contributed by atoms with Crippen LogP contribution in [0.5, 0.6) is 0 Å². The molecule has 3 aromatic rings. The van der Waals surface area contributed by atoms with Crippen LogP contribution in [0.3, 0.4) is 0 Å². The molecule has 0 saturated carbocycles. The molecule has 8 heteroatoms. The molecule has 0 saturated heterocycles. The van der Waals surface area contributed by atoms with Gasteiger partial charge in [0.1, 0.15) is 6.04 Å². The molecule has 0 aliphatic carbocycles. The summed E-state index contributed by atoms with van der Waals surface area (Å²) in [5, 5.41) is 23.9. The van der Waals surface area contributed by atoms with Crippen molar-refractivity contribution >= 4 is 27.5 Å². The number of nitriles is 1. The van der Waals surface area contributed by atoms with Gasteiger partial charge < -0.3 is 5.32 Å². The summed E-state index contributed by atoms with van der Waals surface area (Å²) in [4.78, 5) is 13.7. The number of nitrogens with one attached hydrogen (secondary N) is 1. The maximum absolute atomic E-state index is 12.4. The molecule has 0 aliphatic heterocycles. The first-order chi connectivity index (χ1) is 12.1. The summed E-state index contributed by atoms with van der Waals surface area (Å²) in [7, 11) is 0. The van der Waals surface area contributed by atoms with E-state index in [1.165, 1.54) is 4.80 Å². The highest BCUT2D eigenvalue weighted by Crippen LogP contribution is 2.24. The summed E-state index contributed by atoms with van der Waals surface area (Å²) in [5.41, 5.74) is 1.81. The summed E-state index contributed by atoms with van der Waals surface area (Å²) >= 11 is 3.44. The first-order valence-corrected chi connectivity index (χ1v) is 8.23. The SMILES string of the molecule is C[C@H](C(=O)Nc1cccc(C#N)c1)n1nnc(-c2ccccc2Br)n1. The van der Waals surface area contributed by atoms with Crippen molar-refractivity contribution in [1.82, 2.24) is 20.2 Å². The first-order valence-electron chi connectivity index (χ1n) is 7.44. The third-order valence-electron chi connectivity index (χ3n) is 3.53. The molecule has 1 N–H and O–H groups in total. The van der Waals surface area contributed by atoms with E-state index in [4.69, 9.17) is 5.26 Å². The van der Waals surface area contributed by atoms with Crippen molar-refractivity contribution in [2.75, 3.05) is 5.32 Å². The molecule has 0 unspecified atom stereocenters. The molecular formula is C17H13BrN6O. The summed E-state index contributed by atoms with van der Waals surface area (Å²) < 4.78 is 0.847.